The van der Waals surface area contributed by atoms with Crippen LogP contribution in [0, 0.1) is 0 Å². The number of esters is 1. The van der Waals surface area contributed by atoms with Crippen LogP contribution in [-0.2, 0) is 9.53 Å². The molecule has 0 saturated carbocycles. The molecule has 0 radical (unpaired) electrons. The minimum Gasteiger partial charge on any atom is -0.466 e. The SMILES string of the molecule is CCOC(=O)CCCCCC(=O)c1cccc2ccccc12. The maximum Gasteiger partial charge on any atom is 0.305 e. The van der Waals surface area contributed by atoms with Crippen LogP contribution < -0.4 is 0 Å². The molecule has 116 valence electrons. The summed E-state index contributed by atoms with van der Waals surface area (Å²) in [6.45, 7) is 2.24. The number of fused-ring (bicyclic) bond motifs is 1. The normalized spacial score (nSPS) is 10.6. The van der Waals surface area contributed by atoms with E-state index >= 15 is 0 Å². The predicted molar refractivity (Wildman–Crippen MR) is 88.0 cm³/mol. The second-order valence-electron chi connectivity index (χ2n) is 5.32. The standard InChI is InChI=1S/C19H22O3/c1-2-22-19(21)14-5-3-4-13-18(20)17-12-8-10-15-9-6-7-11-16(15)17/h6-12H,2-5,13-14H2,1H3. The number of ether oxygens (including phenoxy) is 1. The topological polar surface area (TPSA) is 43.4 Å². The maximum absolute atomic E-state index is 12.4. The van der Waals surface area contributed by atoms with Crippen molar-refractivity contribution in [2.45, 2.75) is 39.0 Å². The van der Waals surface area contributed by atoms with E-state index in [4.69, 9.17) is 4.74 Å². The Labute approximate surface area is 131 Å². The number of carbonyl (C=O) groups excluding carboxylic acids is 2. The summed E-state index contributed by atoms with van der Waals surface area (Å²) in [6.07, 6.45) is 3.42. The van der Waals surface area contributed by atoms with Gasteiger partial charge >= 0.3 is 5.97 Å². The van der Waals surface area contributed by atoms with Gasteiger partial charge < -0.3 is 4.74 Å². The third-order valence-corrected chi connectivity index (χ3v) is 3.68. The molecule has 3 nitrogen and oxygen atoms in total. The van der Waals surface area contributed by atoms with E-state index in [-0.39, 0.29) is 11.8 Å². The highest BCUT2D eigenvalue weighted by atomic mass is 16.5. The molecule has 0 aliphatic rings. The molecule has 22 heavy (non-hydrogen) atoms. The predicted octanol–water partition coefficient (Wildman–Crippen LogP) is 4.54. The number of hydrogen-bond donors (Lipinski definition) is 0. The highest BCUT2D eigenvalue weighted by Gasteiger charge is 2.09. The van der Waals surface area contributed by atoms with E-state index < -0.39 is 0 Å². The minimum atomic E-state index is -0.150. The molecule has 0 saturated heterocycles. The van der Waals surface area contributed by atoms with Gasteiger partial charge in [-0.2, -0.15) is 0 Å². The Bertz CT molecular complexity index is 641. The zero-order valence-electron chi connectivity index (χ0n) is 13.0. The first-order valence-corrected chi connectivity index (χ1v) is 7.89. The molecule has 0 aromatic heterocycles. The van der Waals surface area contributed by atoms with Gasteiger partial charge in [0.25, 0.3) is 0 Å². The van der Waals surface area contributed by atoms with Crippen LogP contribution in [0.25, 0.3) is 10.8 Å². The summed E-state index contributed by atoms with van der Waals surface area (Å²) in [6, 6.07) is 13.8. The Balaban J connectivity index is 1.83. The number of benzene rings is 2. The van der Waals surface area contributed by atoms with Crippen LogP contribution in [0.5, 0.6) is 0 Å². The van der Waals surface area contributed by atoms with E-state index in [1.165, 1.54) is 0 Å². The van der Waals surface area contributed by atoms with Crippen molar-refractivity contribution in [3.8, 4) is 0 Å². The first-order chi connectivity index (χ1) is 10.7. The summed E-state index contributed by atoms with van der Waals surface area (Å²) in [7, 11) is 0. The molecule has 0 unspecified atom stereocenters. The van der Waals surface area contributed by atoms with Crippen molar-refractivity contribution in [3.63, 3.8) is 0 Å². The summed E-state index contributed by atoms with van der Waals surface area (Å²) in [5.74, 6) is 0.0239. The van der Waals surface area contributed by atoms with Gasteiger partial charge in [-0.05, 0) is 30.5 Å². The quantitative estimate of drug-likeness (QED) is 0.408. The highest BCUT2D eigenvalue weighted by molar-refractivity contribution is 6.08. The summed E-state index contributed by atoms with van der Waals surface area (Å²) >= 11 is 0. The number of unbranched alkanes of at least 4 members (excludes halogenated alkanes) is 2. The van der Waals surface area contributed by atoms with Gasteiger partial charge in [0.05, 0.1) is 6.61 Å². The lowest BCUT2D eigenvalue weighted by Crippen LogP contribution is -2.04. The Morgan fingerprint density at radius 1 is 0.909 bits per heavy atom. The van der Waals surface area contributed by atoms with Crippen LogP contribution in [0.4, 0.5) is 0 Å². The van der Waals surface area contributed by atoms with Crippen molar-refractivity contribution in [1.82, 2.24) is 0 Å². The monoisotopic (exact) mass is 298 g/mol. The number of carbonyl (C=O) groups is 2. The first kappa shape index (κ1) is 16.2. The van der Waals surface area contributed by atoms with E-state index in [1.807, 2.05) is 42.5 Å². The van der Waals surface area contributed by atoms with E-state index in [0.717, 1.165) is 35.6 Å². The minimum absolute atomic E-state index is 0.150. The smallest absolute Gasteiger partial charge is 0.305 e. The van der Waals surface area contributed by atoms with Gasteiger partial charge in [0.15, 0.2) is 5.78 Å². The molecule has 0 spiro atoms. The zero-order valence-corrected chi connectivity index (χ0v) is 13.0. The maximum atomic E-state index is 12.4. The second kappa shape index (κ2) is 8.32. The van der Waals surface area contributed by atoms with E-state index in [1.54, 1.807) is 6.92 Å². The molecule has 0 aliphatic carbocycles. The van der Waals surface area contributed by atoms with Gasteiger partial charge in [-0.1, -0.05) is 48.9 Å². The van der Waals surface area contributed by atoms with Crippen molar-refractivity contribution in [3.05, 3.63) is 48.0 Å². The molecule has 2 rings (SSSR count). The molecular formula is C19H22O3. The van der Waals surface area contributed by atoms with Crippen LogP contribution in [-0.4, -0.2) is 18.4 Å². The van der Waals surface area contributed by atoms with Crippen molar-refractivity contribution < 1.29 is 14.3 Å². The fourth-order valence-electron chi connectivity index (χ4n) is 2.57. The molecular weight excluding hydrogens is 276 g/mol. The largest absolute Gasteiger partial charge is 0.466 e. The molecule has 0 atom stereocenters. The van der Waals surface area contributed by atoms with Crippen LogP contribution in [0.15, 0.2) is 42.5 Å². The molecule has 3 heteroatoms. The second-order valence-corrected chi connectivity index (χ2v) is 5.32. The number of ketones is 1. The average Bonchev–Trinajstić information content (AvgIpc) is 2.54. The molecule has 0 N–H and O–H groups in total. The Morgan fingerprint density at radius 3 is 2.45 bits per heavy atom. The molecule has 0 bridgehead atoms. The van der Waals surface area contributed by atoms with E-state index in [0.29, 0.717) is 19.4 Å². The molecule has 0 heterocycles. The molecule has 2 aromatic carbocycles. The summed E-state index contributed by atoms with van der Waals surface area (Å²) in [5, 5.41) is 2.11. The van der Waals surface area contributed by atoms with Crippen molar-refractivity contribution in [1.29, 1.82) is 0 Å². The zero-order chi connectivity index (χ0) is 15.8. The Kier molecular flexibility index (Phi) is 6.13. The van der Waals surface area contributed by atoms with Crippen molar-refractivity contribution in [2.24, 2.45) is 0 Å². The summed E-state index contributed by atoms with van der Waals surface area (Å²) < 4.78 is 4.88. The third-order valence-electron chi connectivity index (χ3n) is 3.68. The molecule has 0 amide bonds. The van der Waals surface area contributed by atoms with E-state index in [2.05, 4.69) is 0 Å². The van der Waals surface area contributed by atoms with Gasteiger partial charge in [-0.25, -0.2) is 0 Å². The van der Waals surface area contributed by atoms with E-state index in [9.17, 15) is 9.59 Å². The summed E-state index contributed by atoms with van der Waals surface area (Å²) in [4.78, 5) is 23.6. The molecule has 2 aromatic rings. The van der Waals surface area contributed by atoms with Gasteiger partial charge in [-0.3, -0.25) is 9.59 Å². The van der Waals surface area contributed by atoms with Crippen LogP contribution in [0.3, 0.4) is 0 Å². The molecule has 0 fully saturated rings. The lowest BCUT2D eigenvalue weighted by atomic mass is 9.98. The Hall–Kier alpha value is -2.16. The lowest BCUT2D eigenvalue weighted by Gasteiger charge is -2.06. The number of Topliss-reactive ketones (excluding diaryl/α,β-unsaturated/α-hetero) is 1. The van der Waals surface area contributed by atoms with Crippen molar-refractivity contribution >= 4 is 22.5 Å². The average molecular weight is 298 g/mol. The molecule has 0 aliphatic heterocycles. The number of rotatable bonds is 8. The summed E-state index contributed by atoms with van der Waals surface area (Å²) in [5.41, 5.74) is 0.795. The van der Waals surface area contributed by atoms with Gasteiger partial charge in [0, 0.05) is 18.4 Å². The van der Waals surface area contributed by atoms with Crippen molar-refractivity contribution in [2.75, 3.05) is 6.61 Å². The Morgan fingerprint density at radius 2 is 1.64 bits per heavy atom. The highest BCUT2D eigenvalue weighted by Crippen LogP contribution is 2.20. The van der Waals surface area contributed by atoms with Crippen LogP contribution >= 0.6 is 0 Å². The van der Waals surface area contributed by atoms with Crippen LogP contribution in [0.2, 0.25) is 0 Å². The van der Waals surface area contributed by atoms with Gasteiger partial charge in [0.1, 0.15) is 0 Å². The van der Waals surface area contributed by atoms with Gasteiger partial charge in [0.2, 0.25) is 0 Å². The number of hydrogen-bond acceptors (Lipinski definition) is 3. The fourth-order valence-corrected chi connectivity index (χ4v) is 2.57. The van der Waals surface area contributed by atoms with Crippen LogP contribution in [0.1, 0.15) is 49.4 Å². The fraction of sp³-hybridized carbons (Fsp3) is 0.368. The third kappa shape index (κ3) is 4.42. The lowest BCUT2D eigenvalue weighted by molar-refractivity contribution is -0.143. The first-order valence-electron chi connectivity index (χ1n) is 7.89. The van der Waals surface area contributed by atoms with Gasteiger partial charge in [-0.15, -0.1) is 0 Å².